The summed E-state index contributed by atoms with van der Waals surface area (Å²) in [5, 5.41) is 10.0. The maximum atomic E-state index is 2.49. The summed E-state index contributed by atoms with van der Waals surface area (Å²) in [7, 11) is 0. The van der Waals surface area contributed by atoms with Crippen molar-refractivity contribution in [2.24, 2.45) is 0 Å². The smallest absolute Gasteiger partial charge is 0.0618 e. The zero-order valence-corrected chi connectivity index (χ0v) is 28.4. The van der Waals surface area contributed by atoms with Crippen LogP contribution < -0.4 is 0 Å². The quantitative estimate of drug-likeness (QED) is 0.166. The lowest BCUT2D eigenvalue weighted by Gasteiger charge is -2.15. The molecule has 0 saturated carbocycles. The predicted octanol–water partition coefficient (Wildman–Crippen LogP) is 13.5. The molecule has 52 heavy (non-hydrogen) atoms. The Kier molecular flexibility index (Phi) is 6.28. The summed E-state index contributed by atoms with van der Waals surface area (Å²) in [4.78, 5) is 0. The molecule has 0 unspecified atom stereocenters. The average molecular weight is 661 g/mol. The molecule has 2 nitrogen and oxygen atoms in total. The van der Waals surface area contributed by atoms with E-state index >= 15 is 0 Å². The van der Waals surface area contributed by atoms with Gasteiger partial charge in [-0.25, -0.2) is 0 Å². The van der Waals surface area contributed by atoms with E-state index in [0.717, 1.165) is 0 Å². The monoisotopic (exact) mass is 660 g/mol. The Labute approximate surface area is 301 Å². The highest BCUT2D eigenvalue weighted by molar-refractivity contribution is 6.16. The summed E-state index contributed by atoms with van der Waals surface area (Å²) in [6, 6.07) is 71.0. The Morgan fingerprint density at radius 1 is 0.269 bits per heavy atom. The molecule has 0 radical (unpaired) electrons. The Hall–Kier alpha value is -6.90. The molecule has 0 atom stereocenters. The van der Waals surface area contributed by atoms with E-state index in [2.05, 4.69) is 203 Å². The number of benzene rings is 9. The van der Waals surface area contributed by atoms with Gasteiger partial charge < -0.3 is 9.13 Å². The van der Waals surface area contributed by atoms with Crippen molar-refractivity contribution in [3.05, 3.63) is 194 Å². The van der Waals surface area contributed by atoms with E-state index in [9.17, 15) is 0 Å². The van der Waals surface area contributed by atoms with Crippen LogP contribution in [0.3, 0.4) is 0 Å². The Morgan fingerprint density at radius 2 is 0.731 bits per heavy atom. The SMILES string of the molecule is c1ccc(-c2ccccc2-n2c3ccccc3c3cc(-c4ccc5c(c4)c4ccccc4n5-c4c5ccccc5cc5ccccc45)ccc32)cc1. The molecule has 0 spiro atoms. The molecule has 9 aromatic carbocycles. The Morgan fingerprint density at radius 3 is 1.37 bits per heavy atom. The van der Waals surface area contributed by atoms with Crippen LogP contribution in [0, 0.1) is 0 Å². The highest BCUT2D eigenvalue weighted by Crippen LogP contribution is 2.42. The first-order chi connectivity index (χ1) is 25.8. The van der Waals surface area contributed by atoms with Crippen LogP contribution in [0.25, 0.3) is 98.8 Å². The third-order valence-electron chi connectivity index (χ3n) is 10.9. The zero-order chi connectivity index (χ0) is 34.2. The first-order valence-electron chi connectivity index (χ1n) is 17.9. The lowest BCUT2D eigenvalue weighted by atomic mass is 10.00. The molecule has 0 saturated heterocycles. The molecule has 2 heteroatoms. The number of aromatic nitrogens is 2. The molecule has 2 heterocycles. The van der Waals surface area contributed by atoms with Crippen molar-refractivity contribution in [3.63, 3.8) is 0 Å². The van der Waals surface area contributed by atoms with Crippen molar-refractivity contribution in [1.29, 1.82) is 0 Å². The summed E-state index contributed by atoms with van der Waals surface area (Å²) in [5.41, 5.74) is 12.1. The molecule has 0 aliphatic carbocycles. The van der Waals surface area contributed by atoms with E-state index in [1.165, 1.54) is 98.8 Å². The second kappa shape index (κ2) is 11.3. The van der Waals surface area contributed by atoms with Gasteiger partial charge in [0, 0.05) is 37.9 Å². The van der Waals surface area contributed by atoms with E-state index in [0.29, 0.717) is 0 Å². The highest BCUT2D eigenvalue weighted by Gasteiger charge is 2.19. The van der Waals surface area contributed by atoms with Crippen LogP contribution in [0.5, 0.6) is 0 Å². The first kappa shape index (κ1) is 28.9. The van der Waals surface area contributed by atoms with Crippen molar-refractivity contribution in [3.8, 4) is 33.6 Å². The molecule has 2 aromatic heterocycles. The summed E-state index contributed by atoms with van der Waals surface area (Å²) < 4.78 is 4.92. The fraction of sp³-hybridized carbons (Fsp3) is 0. The lowest BCUT2D eigenvalue weighted by Crippen LogP contribution is -1.97. The fourth-order valence-corrected chi connectivity index (χ4v) is 8.57. The molecule has 242 valence electrons. The van der Waals surface area contributed by atoms with E-state index in [1.54, 1.807) is 0 Å². The normalized spacial score (nSPS) is 11.8. The topological polar surface area (TPSA) is 9.86 Å². The van der Waals surface area contributed by atoms with Crippen LogP contribution in [0.2, 0.25) is 0 Å². The van der Waals surface area contributed by atoms with Gasteiger partial charge in [-0.2, -0.15) is 0 Å². The number of nitrogens with zero attached hydrogens (tertiary/aromatic N) is 2. The Bertz CT molecular complexity index is 3120. The third-order valence-corrected chi connectivity index (χ3v) is 10.9. The van der Waals surface area contributed by atoms with Crippen LogP contribution in [0.15, 0.2) is 194 Å². The second-order valence-corrected chi connectivity index (χ2v) is 13.7. The van der Waals surface area contributed by atoms with Gasteiger partial charge >= 0.3 is 0 Å². The minimum absolute atomic E-state index is 1.18. The number of hydrogen-bond acceptors (Lipinski definition) is 0. The predicted molar refractivity (Wildman–Crippen MR) is 221 cm³/mol. The van der Waals surface area contributed by atoms with Crippen LogP contribution in [0.1, 0.15) is 0 Å². The second-order valence-electron chi connectivity index (χ2n) is 13.7. The number of hydrogen-bond donors (Lipinski definition) is 0. The van der Waals surface area contributed by atoms with Gasteiger partial charge in [-0.3, -0.25) is 0 Å². The van der Waals surface area contributed by atoms with Gasteiger partial charge in [0.05, 0.1) is 33.4 Å². The fourth-order valence-electron chi connectivity index (χ4n) is 8.57. The summed E-state index contributed by atoms with van der Waals surface area (Å²) in [6.07, 6.45) is 0. The van der Waals surface area contributed by atoms with Gasteiger partial charge in [-0.1, -0.05) is 146 Å². The molecule has 0 aliphatic heterocycles. The molecule has 0 aliphatic rings. The van der Waals surface area contributed by atoms with Gasteiger partial charge in [-0.05, 0) is 76.0 Å². The van der Waals surface area contributed by atoms with Crippen molar-refractivity contribution >= 4 is 65.2 Å². The molecule has 0 N–H and O–H groups in total. The molecular formula is C50H32N2. The van der Waals surface area contributed by atoms with E-state index in [1.807, 2.05) is 0 Å². The van der Waals surface area contributed by atoms with Crippen molar-refractivity contribution < 1.29 is 0 Å². The maximum Gasteiger partial charge on any atom is 0.0618 e. The molecule has 0 amide bonds. The summed E-state index contributed by atoms with van der Waals surface area (Å²) in [5.74, 6) is 0. The minimum Gasteiger partial charge on any atom is -0.309 e. The standard InChI is InChI=1S/C50H32N2/c1-2-14-33(15-3-1)38-18-8-11-23-45(38)51-46-24-12-9-21-41(46)43-31-34(26-28-48(43)51)35-27-29-49-44(32-35)42-22-10-13-25-47(42)52(49)50-39-19-6-4-16-36(39)30-37-17-5-7-20-40(37)50/h1-32H. The minimum atomic E-state index is 1.18. The van der Waals surface area contributed by atoms with Gasteiger partial charge in [0.15, 0.2) is 0 Å². The van der Waals surface area contributed by atoms with Crippen LogP contribution in [0.4, 0.5) is 0 Å². The van der Waals surface area contributed by atoms with Crippen molar-refractivity contribution in [1.82, 2.24) is 9.13 Å². The lowest BCUT2D eigenvalue weighted by molar-refractivity contribution is 1.18. The zero-order valence-electron chi connectivity index (χ0n) is 28.4. The van der Waals surface area contributed by atoms with Gasteiger partial charge in [0.1, 0.15) is 0 Å². The average Bonchev–Trinajstić information content (AvgIpc) is 3.72. The van der Waals surface area contributed by atoms with E-state index in [4.69, 9.17) is 0 Å². The van der Waals surface area contributed by atoms with Gasteiger partial charge in [0.2, 0.25) is 0 Å². The molecular weight excluding hydrogens is 629 g/mol. The largest absolute Gasteiger partial charge is 0.309 e. The maximum absolute atomic E-state index is 2.49. The highest BCUT2D eigenvalue weighted by atomic mass is 15.0. The van der Waals surface area contributed by atoms with Gasteiger partial charge in [-0.15, -0.1) is 0 Å². The summed E-state index contributed by atoms with van der Waals surface area (Å²) >= 11 is 0. The number of para-hydroxylation sites is 3. The van der Waals surface area contributed by atoms with Crippen molar-refractivity contribution in [2.45, 2.75) is 0 Å². The van der Waals surface area contributed by atoms with Crippen molar-refractivity contribution in [2.75, 3.05) is 0 Å². The third kappa shape index (κ3) is 4.25. The summed E-state index contributed by atoms with van der Waals surface area (Å²) in [6.45, 7) is 0. The molecule has 0 fully saturated rings. The van der Waals surface area contributed by atoms with E-state index < -0.39 is 0 Å². The Balaban J connectivity index is 1.14. The van der Waals surface area contributed by atoms with Crippen LogP contribution >= 0.6 is 0 Å². The number of fused-ring (bicyclic) bond motifs is 8. The van der Waals surface area contributed by atoms with Crippen LogP contribution in [-0.2, 0) is 0 Å². The van der Waals surface area contributed by atoms with Crippen LogP contribution in [-0.4, -0.2) is 9.13 Å². The van der Waals surface area contributed by atoms with E-state index in [-0.39, 0.29) is 0 Å². The number of rotatable bonds is 4. The first-order valence-corrected chi connectivity index (χ1v) is 17.9. The molecule has 11 rings (SSSR count). The molecule has 11 aromatic rings. The molecule has 0 bridgehead atoms. The van der Waals surface area contributed by atoms with Gasteiger partial charge in [0.25, 0.3) is 0 Å².